The van der Waals surface area contributed by atoms with Crippen molar-refractivity contribution in [2.45, 2.75) is 32.6 Å². The Balaban J connectivity index is 2.00. The Morgan fingerprint density at radius 2 is 1.96 bits per heavy atom. The molecule has 3 aromatic rings. The van der Waals surface area contributed by atoms with Crippen molar-refractivity contribution in [3.05, 3.63) is 52.0 Å². The van der Waals surface area contributed by atoms with Crippen LogP contribution in [-0.4, -0.2) is 18.0 Å². The van der Waals surface area contributed by atoms with Gasteiger partial charge in [0.2, 0.25) is 0 Å². The molecule has 2 aromatic heterocycles. The number of pyridine rings is 1. The van der Waals surface area contributed by atoms with Gasteiger partial charge in [-0.3, -0.25) is 9.63 Å². The van der Waals surface area contributed by atoms with Crippen LogP contribution in [0, 0.1) is 13.8 Å². The lowest BCUT2D eigenvalue weighted by atomic mass is 9.94. The minimum absolute atomic E-state index is 0.175. The second kappa shape index (κ2) is 6.24. The van der Waals surface area contributed by atoms with E-state index in [1.165, 1.54) is 35.1 Å². The molecule has 0 aliphatic heterocycles. The molecule has 128 valence electrons. The molecule has 1 aliphatic carbocycles. The van der Waals surface area contributed by atoms with Crippen LogP contribution in [0.1, 0.15) is 45.3 Å². The maximum absolute atomic E-state index is 12.5. The normalized spacial score (nSPS) is 14.0. The molecule has 1 aromatic carbocycles. The molecule has 0 saturated heterocycles. The van der Waals surface area contributed by atoms with Crippen LogP contribution in [0.2, 0.25) is 0 Å². The molecule has 1 saturated carbocycles. The summed E-state index contributed by atoms with van der Waals surface area (Å²) in [6, 6.07) is 10.3. The van der Waals surface area contributed by atoms with Gasteiger partial charge >= 0.3 is 0 Å². The molecule has 2 heterocycles. The van der Waals surface area contributed by atoms with Crippen LogP contribution in [0.5, 0.6) is 0 Å². The van der Waals surface area contributed by atoms with Crippen molar-refractivity contribution < 1.29 is 9.63 Å². The zero-order valence-electron chi connectivity index (χ0n) is 14.6. The van der Waals surface area contributed by atoms with Gasteiger partial charge in [-0.1, -0.05) is 30.3 Å². The van der Waals surface area contributed by atoms with Gasteiger partial charge in [-0.05, 0) is 49.3 Å². The summed E-state index contributed by atoms with van der Waals surface area (Å²) in [7, 11) is 1.46. The fourth-order valence-electron chi connectivity index (χ4n) is 3.58. The molecule has 0 bridgehead atoms. The standard InChI is InChI=1S/C20H20N2O2S/c1-11-15(13-7-5-4-6-8-13)12(2)21-20-16(11)17(14-9-10-14)18(25-20)19(23)22-24-3/h4-8,14H,9-10H2,1-3H3,(H,22,23). The molecule has 1 aliphatic rings. The number of amides is 1. The SMILES string of the molecule is CONC(=O)c1sc2nc(C)c(-c3ccccc3)c(C)c2c1C1CC1. The summed E-state index contributed by atoms with van der Waals surface area (Å²) in [5.41, 5.74) is 8.17. The van der Waals surface area contributed by atoms with Gasteiger partial charge < -0.3 is 0 Å². The maximum Gasteiger partial charge on any atom is 0.285 e. The molecular formula is C20H20N2O2S. The first-order chi connectivity index (χ1) is 12.1. The summed E-state index contributed by atoms with van der Waals surface area (Å²) >= 11 is 1.47. The summed E-state index contributed by atoms with van der Waals surface area (Å²) in [6.07, 6.45) is 2.26. The topological polar surface area (TPSA) is 51.2 Å². The summed E-state index contributed by atoms with van der Waals surface area (Å²) in [4.78, 5) is 23.8. The number of aromatic nitrogens is 1. The molecule has 4 nitrogen and oxygen atoms in total. The van der Waals surface area contributed by atoms with Crippen LogP contribution in [0.15, 0.2) is 30.3 Å². The number of rotatable bonds is 4. The number of hydrogen-bond acceptors (Lipinski definition) is 4. The fourth-order valence-corrected chi connectivity index (χ4v) is 4.83. The Hall–Kier alpha value is -2.24. The zero-order valence-corrected chi connectivity index (χ0v) is 15.4. The molecule has 25 heavy (non-hydrogen) atoms. The van der Waals surface area contributed by atoms with Crippen molar-refractivity contribution in [3.8, 4) is 11.1 Å². The van der Waals surface area contributed by atoms with Crippen LogP contribution >= 0.6 is 11.3 Å². The molecule has 0 radical (unpaired) electrons. The van der Waals surface area contributed by atoms with Crippen molar-refractivity contribution in [1.82, 2.24) is 10.5 Å². The van der Waals surface area contributed by atoms with Gasteiger partial charge in [0.25, 0.3) is 5.91 Å². The highest BCUT2D eigenvalue weighted by atomic mass is 32.1. The Morgan fingerprint density at radius 3 is 2.60 bits per heavy atom. The molecule has 0 spiro atoms. The predicted molar refractivity (Wildman–Crippen MR) is 101 cm³/mol. The molecule has 1 fully saturated rings. The molecule has 1 amide bonds. The van der Waals surface area contributed by atoms with Crippen LogP contribution in [0.4, 0.5) is 0 Å². The van der Waals surface area contributed by atoms with Crippen LogP contribution in [0.3, 0.4) is 0 Å². The maximum atomic E-state index is 12.5. The number of carbonyl (C=O) groups is 1. The van der Waals surface area contributed by atoms with E-state index in [4.69, 9.17) is 9.82 Å². The smallest absolute Gasteiger partial charge is 0.277 e. The summed E-state index contributed by atoms with van der Waals surface area (Å²) in [5.74, 6) is 0.281. The second-order valence-corrected chi connectivity index (χ2v) is 7.50. The van der Waals surface area contributed by atoms with E-state index in [1.807, 2.05) is 25.1 Å². The monoisotopic (exact) mass is 352 g/mol. The van der Waals surface area contributed by atoms with Gasteiger partial charge in [0.05, 0.1) is 7.11 Å². The molecule has 0 atom stereocenters. The summed E-state index contributed by atoms with van der Waals surface area (Å²) < 4.78 is 0. The first-order valence-electron chi connectivity index (χ1n) is 8.44. The lowest BCUT2D eigenvalue weighted by molar-refractivity contribution is 0.0541. The average molecular weight is 352 g/mol. The van der Waals surface area contributed by atoms with E-state index < -0.39 is 0 Å². The first-order valence-corrected chi connectivity index (χ1v) is 9.25. The fraction of sp³-hybridized carbons (Fsp3) is 0.300. The number of thiophene rings is 1. The number of benzene rings is 1. The van der Waals surface area contributed by atoms with Gasteiger partial charge in [0, 0.05) is 16.6 Å². The third-order valence-corrected chi connectivity index (χ3v) is 5.85. The second-order valence-electron chi connectivity index (χ2n) is 6.50. The number of carbonyl (C=O) groups excluding carboxylic acids is 1. The van der Waals surface area contributed by atoms with Crippen LogP contribution in [-0.2, 0) is 4.84 Å². The van der Waals surface area contributed by atoms with Gasteiger partial charge in [0.1, 0.15) is 9.71 Å². The number of fused-ring (bicyclic) bond motifs is 1. The van der Waals surface area contributed by atoms with Gasteiger partial charge in [0.15, 0.2) is 0 Å². The lowest BCUT2D eigenvalue weighted by Gasteiger charge is -2.12. The molecule has 1 N–H and O–H groups in total. The summed E-state index contributed by atoms with van der Waals surface area (Å²) in [6.45, 7) is 4.19. The van der Waals surface area contributed by atoms with E-state index in [-0.39, 0.29) is 5.91 Å². The zero-order chi connectivity index (χ0) is 17.6. The Kier molecular flexibility index (Phi) is 4.06. The number of hydrogen-bond donors (Lipinski definition) is 1. The largest absolute Gasteiger partial charge is 0.285 e. The van der Waals surface area contributed by atoms with Crippen molar-refractivity contribution in [2.75, 3.05) is 7.11 Å². The Bertz CT molecular complexity index is 959. The number of aryl methyl sites for hydroxylation is 2. The van der Waals surface area contributed by atoms with Crippen LogP contribution < -0.4 is 5.48 Å². The predicted octanol–water partition coefficient (Wildman–Crippen LogP) is 4.75. The number of nitrogens with zero attached hydrogens (tertiary/aromatic N) is 1. The van der Waals surface area contributed by atoms with E-state index in [9.17, 15) is 4.79 Å². The van der Waals surface area contributed by atoms with Crippen molar-refractivity contribution >= 4 is 27.5 Å². The third-order valence-electron chi connectivity index (χ3n) is 4.76. The average Bonchev–Trinajstić information content (AvgIpc) is 3.36. The quantitative estimate of drug-likeness (QED) is 0.690. The first kappa shape index (κ1) is 16.2. The van der Waals surface area contributed by atoms with Crippen molar-refractivity contribution in [3.63, 3.8) is 0 Å². The molecule has 0 unspecified atom stereocenters. The molecule has 4 rings (SSSR count). The van der Waals surface area contributed by atoms with E-state index in [0.29, 0.717) is 5.92 Å². The Morgan fingerprint density at radius 1 is 1.24 bits per heavy atom. The lowest BCUT2D eigenvalue weighted by Crippen LogP contribution is -2.21. The van der Waals surface area contributed by atoms with E-state index in [1.54, 1.807) is 0 Å². The highest BCUT2D eigenvalue weighted by Gasteiger charge is 2.33. The van der Waals surface area contributed by atoms with Gasteiger partial charge in [-0.15, -0.1) is 11.3 Å². The van der Waals surface area contributed by atoms with Crippen molar-refractivity contribution in [2.24, 2.45) is 0 Å². The van der Waals surface area contributed by atoms with E-state index >= 15 is 0 Å². The minimum atomic E-state index is -0.175. The van der Waals surface area contributed by atoms with E-state index in [2.05, 4.69) is 24.5 Å². The summed E-state index contributed by atoms with van der Waals surface area (Å²) in [5, 5.41) is 1.15. The van der Waals surface area contributed by atoms with Crippen LogP contribution in [0.25, 0.3) is 21.3 Å². The minimum Gasteiger partial charge on any atom is -0.277 e. The van der Waals surface area contributed by atoms with Crippen molar-refractivity contribution in [1.29, 1.82) is 0 Å². The highest BCUT2D eigenvalue weighted by Crippen LogP contribution is 2.49. The van der Waals surface area contributed by atoms with Gasteiger partial charge in [-0.25, -0.2) is 10.5 Å². The highest BCUT2D eigenvalue weighted by molar-refractivity contribution is 7.20. The molecular weight excluding hydrogens is 332 g/mol. The Labute approximate surface area is 150 Å². The van der Waals surface area contributed by atoms with Gasteiger partial charge in [-0.2, -0.15) is 0 Å². The van der Waals surface area contributed by atoms with E-state index in [0.717, 1.165) is 39.2 Å². The number of nitrogens with one attached hydrogen (secondary N) is 1. The third kappa shape index (κ3) is 2.73. The molecule has 5 heteroatoms. The number of hydroxylamine groups is 1.